The second-order valence-electron chi connectivity index (χ2n) is 5.69. The number of para-hydroxylation sites is 1. The van der Waals surface area contributed by atoms with Gasteiger partial charge in [-0.15, -0.1) is 0 Å². The lowest BCUT2D eigenvalue weighted by Gasteiger charge is -2.36. The van der Waals surface area contributed by atoms with Crippen molar-refractivity contribution in [2.75, 3.05) is 44.7 Å². The van der Waals surface area contributed by atoms with Crippen LogP contribution in [0, 0.1) is 0 Å². The molecule has 0 aliphatic carbocycles. The highest BCUT2D eigenvalue weighted by atomic mass is 35.5. The maximum Gasteiger partial charge on any atom is 0.317 e. The van der Waals surface area contributed by atoms with Gasteiger partial charge in [-0.1, -0.05) is 23.7 Å². The van der Waals surface area contributed by atoms with Crippen LogP contribution in [-0.2, 0) is 9.53 Å². The van der Waals surface area contributed by atoms with Crippen molar-refractivity contribution in [1.82, 2.24) is 10.2 Å². The predicted molar refractivity (Wildman–Crippen MR) is 94.5 cm³/mol. The third-order valence-corrected chi connectivity index (χ3v) is 4.39. The fraction of sp³-hybridized carbons (Fsp3) is 0.529. The minimum atomic E-state index is -0.211. The first kappa shape index (κ1) is 18.4. The van der Waals surface area contributed by atoms with Gasteiger partial charge in [-0.2, -0.15) is 0 Å². The van der Waals surface area contributed by atoms with Gasteiger partial charge in [-0.25, -0.2) is 4.79 Å². The molecule has 2 amide bonds. The maximum atomic E-state index is 12.1. The predicted octanol–water partition coefficient (Wildman–Crippen LogP) is 2.51. The third-order valence-electron chi connectivity index (χ3n) is 4.07. The molecular weight excluding hydrogens is 330 g/mol. The summed E-state index contributed by atoms with van der Waals surface area (Å²) in [5.41, 5.74) is 1.02. The number of rotatable bonds is 6. The van der Waals surface area contributed by atoms with Crippen molar-refractivity contribution >= 4 is 29.3 Å². The fourth-order valence-corrected chi connectivity index (χ4v) is 2.92. The molecule has 0 aromatic heterocycles. The van der Waals surface area contributed by atoms with E-state index in [2.05, 4.69) is 15.0 Å². The van der Waals surface area contributed by atoms with Gasteiger partial charge in [0.05, 0.1) is 17.8 Å². The number of hydrogen-bond donors (Lipinski definition) is 1. The van der Waals surface area contributed by atoms with Crippen LogP contribution in [0.4, 0.5) is 10.5 Å². The molecule has 1 aromatic rings. The van der Waals surface area contributed by atoms with Crippen LogP contribution < -0.4 is 10.2 Å². The molecule has 0 radical (unpaired) electrons. The van der Waals surface area contributed by atoms with E-state index in [9.17, 15) is 9.59 Å². The number of nitrogens with one attached hydrogen (secondary N) is 1. The van der Waals surface area contributed by atoms with E-state index < -0.39 is 0 Å². The van der Waals surface area contributed by atoms with Crippen LogP contribution in [0.1, 0.15) is 19.3 Å². The van der Waals surface area contributed by atoms with Crippen LogP contribution in [0.25, 0.3) is 0 Å². The number of esters is 1. The first-order chi connectivity index (χ1) is 11.6. The second-order valence-corrected chi connectivity index (χ2v) is 6.10. The molecule has 0 saturated carbocycles. The summed E-state index contributed by atoms with van der Waals surface area (Å²) in [6.45, 7) is 3.43. The van der Waals surface area contributed by atoms with E-state index in [1.807, 2.05) is 29.2 Å². The number of anilines is 1. The van der Waals surface area contributed by atoms with Gasteiger partial charge >= 0.3 is 12.0 Å². The third kappa shape index (κ3) is 5.30. The lowest BCUT2D eigenvalue weighted by molar-refractivity contribution is -0.140. The molecule has 0 spiro atoms. The smallest absolute Gasteiger partial charge is 0.317 e. The van der Waals surface area contributed by atoms with Crippen molar-refractivity contribution in [3.8, 4) is 0 Å². The van der Waals surface area contributed by atoms with Gasteiger partial charge in [0.25, 0.3) is 0 Å². The molecule has 1 N–H and O–H groups in total. The first-order valence-electron chi connectivity index (χ1n) is 8.21. The summed E-state index contributed by atoms with van der Waals surface area (Å²) in [7, 11) is 1.38. The van der Waals surface area contributed by atoms with E-state index in [-0.39, 0.29) is 12.0 Å². The summed E-state index contributed by atoms with van der Waals surface area (Å²) in [6.07, 6.45) is 1.87. The molecule has 1 aliphatic heterocycles. The number of carbonyl (C=O) groups excluding carboxylic acids is 2. The Labute approximate surface area is 147 Å². The number of benzene rings is 1. The van der Waals surface area contributed by atoms with Gasteiger partial charge in [0.2, 0.25) is 0 Å². The molecule has 1 fully saturated rings. The molecule has 1 saturated heterocycles. The Bertz CT molecular complexity index is 560. The molecule has 6 nitrogen and oxygen atoms in total. The number of methoxy groups -OCH3 is 1. The quantitative estimate of drug-likeness (QED) is 0.630. The van der Waals surface area contributed by atoms with Crippen molar-refractivity contribution in [1.29, 1.82) is 0 Å². The highest BCUT2D eigenvalue weighted by Crippen LogP contribution is 2.25. The highest BCUT2D eigenvalue weighted by Gasteiger charge is 2.21. The minimum Gasteiger partial charge on any atom is -0.469 e. The average Bonchev–Trinajstić information content (AvgIpc) is 2.61. The Morgan fingerprint density at radius 3 is 2.54 bits per heavy atom. The van der Waals surface area contributed by atoms with Crippen molar-refractivity contribution < 1.29 is 14.3 Å². The zero-order valence-electron chi connectivity index (χ0n) is 14.0. The van der Waals surface area contributed by atoms with Gasteiger partial charge in [0.15, 0.2) is 0 Å². The van der Waals surface area contributed by atoms with Gasteiger partial charge in [0, 0.05) is 39.1 Å². The summed E-state index contributed by atoms with van der Waals surface area (Å²) in [5, 5.41) is 3.64. The van der Waals surface area contributed by atoms with E-state index in [1.54, 1.807) is 0 Å². The summed E-state index contributed by atoms with van der Waals surface area (Å²) in [5.74, 6) is -0.211. The molecule has 1 aromatic carbocycles. The van der Waals surface area contributed by atoms with E-state index in [4.69, 9.17) is 11.6 Å². The van der Waals surface area contributed by atoms with Crippen molar-refractivity contribution in [3.05, 3.63) is 29.3 Å². The zero-order valence-corrected chi connectivity index (χ0v) is 14.7. The maximum absolute atomic E-state index is 12.1. The lowest BCUT2D eigenvalue weighted by atomic mass is 10.2. The summed E-state index contributed by atoms with van der Waals surface area (Å²) >= 11 is 6.22. The number of hydrogen-bond acceptors (Lipinski definition) is 4. The monoisotopic (exact) mass is 353 g/mol. The number of urea groups is 1. The number of piperazine rings is 1. The SMILES string of the molecule is COC(=O)CCCCNC(=O)N1CCN(c2ccccc2Cl)CC1. The Morgan fingerprint density at radius 2 is 1.88 bits per heavy atom. The highest BCUT2D eigenvalue weighted by molar-refractivity contribution is 6.33. The Balaban J connectivity index is 1.67. The molecule has 0 unspecified atom stereocenters. The molecule has 2 rings (SSSR count). The number of unbranched alkanes of at least 4 members (excludes halogenated alkanes) is 1. The van der Waals surface area contributed by atoms with E-state index in [0.29, 0.717) is 32.5 Å². The average molecular weight is 354 g/mol. The van der Waals surface area contributed by atoms with Gasteiger partial charge in [-0.3, -0.25) is 4.79 Å². The van der Waals surface area contributed by atoms with Crippen molar-refractivity contribution in [2.45, 2.75) is 19.3 Å². The second kappa shape index (κ2) is 9.37. The van der Waals surface area contributed by atoms with Crippen LogP contribution in [0.3, 0.4) is 0 Å². The first-order valence-corrected chi connectivity index (χ1v) is 8.58. The van der Waals surface area contributed by atoms with Gasteiger partial charge in [-0.05, 0) is 25.0 Å². The summed E-state index contributed by atoms with van der Waals surface area (Å²) in [4.78, 5) is 27.1. The lowest BCUT2D eigenvalue weighted by Crippen LogP contribution is -2.52. The Hall–Kier alpha value is -1.95. The van der Waals surface area contributed by atoms with Crippen molar-refractivity contribution in [2.24, 2.45) is 0 Å². The summed E-state index contributed by atoms with van der Waals surface area (Å²) in [6, 6.07) is 7.71. The van der Waals surface area contributed by atoms with E-state index in [0.717, 1.165) is 30.2 Å². The van der Waals surface area contributed by atoms with Crippen LogP contribution >= 0.6 is 11.6 Å². The van der Waals surface area contributed by atoms with Crippen LogP contribution in [0.5, 0.6) is 0 Å². The van der Waals surface area contributed by atoms with Gasteiger partial charge in [0.1, 0.15) is 0 Å². The van der Waals surface area contributed by atoms with Crippen LogP contribution in [0.2, 0.25) is 5.02 Å². The number of halogens is 1. The molecule has 1 heterocycles. The molecule has 0 bridgehead atoms. The van der Waals surface area contributed by atoms with Crippen LogP contribution in [-0.4, -0.2) is 56.7 Å². The topological polar surface area (TPSA) is 61.9 Å². The Kier molecular flexibility index (Phi) is 7.18. The Morgan fingerprint density at radius 1 is 1.17 bits per heavy atom. The largest absolute Gasteiger partial charge is 0.469 e. The number of amides is 2. The standard InChI is InChI=1S/C17H24ClN3O3/c1-24-16(22)8-4-5-9-19-17(23)21-12-10-20(11-13-21)15-7-3-2-6-14(15)18/h2-3,6-7H,4-5,8-13H2,1H3,(H,19,23). The minimum absolute atomic E-state index is 0.0492. The van der Waals surface area contributed by atoms with E-state index in [1.165, 1.54) is 7.11 Å². The molecule has 7 heteroatoms. The van der Waals surface area contributed by atoms with Gasteiger partial charge < -0.3 is 19.9 Å². The van der Waals surface area contributed by atoms with Crippen LogP contribution in [0.15, 0.2) is 24.3 Å². The molecular formula is C17H24ClN3O3. The molecule has 132 valence electrons. The molecule has 1 aliphatic rings. The molecule has 0 atom stereocenters. The zero-order chi connectivity index (χ0) is 17.4. The molecule has 24 heavy (non-hydrogen) atoms. The number of nitrogens with zero attached hydrogens (tertiary/aromatic N) is 2. The number of ether oxygens (including phenoxy) is 1. The summed E-state index contributed by atoms with van der Waals surface area (Å²) < 4.78 is 4.58. The normalized spacial score (nSPS) is 14.4. The van der Waals surface area contributed by atoms with Crippen molar-refractivity contribution in [3.63, 3.8) is 0 Å². The fourth-order valence-electron chi connectivity index (χ4n) is 2.66. The van der Waals surface area contributed by atoms with E-state index >= 15 is 0 Å². The number of carbonyl (C=O) groups is 2.